The lowest BCUT2D eigenvalue weighted by Gasteiger charge is -2.26. The molecule has 0 unspecified atom stereocenters. The molecule has 2 aromatic carbocycles. The van der Waals surface area contributed by atoms with Gasteiger partial charge in [0.1, 0.15) is 9.90 Å². The number of rotatable bonds is 4. The predicted octanol–water partition coefficient (Wildman–Crippen LogP) is 4.92. The molecule has 0 saturated heterocycles. The van der Waals surface area contributed by atoms with Gasteiger partial charge in [-0.1, -0.05) is 49.7 Å². The van der Waals surface area contributed by atoms with Crippen LogP contribution in [0, 0.1) is 0 Å². The van der Waals surface area contributed by atoms with Gasteiger partial charge in [-0.2, -0.15) is 0 Å². The molecular formula is C21H22N2O2S2. The summed E-state index contributed by atoms with van der Waals surface area (Å²) in [5.74, 6) is 0. The summed E-state index contributed by atoms with van der Waals surface area (Å²) in [6.07, 6.45) is 3.40. The molecule has 6 heteroatoms. The Morgan fingerprint density at radius 2 is 1.56 bits per heavy atom. The molecule has 3 aromatic rings. The van der Waals surface area contributed by atoms with Gasteiger partial charge in [-0.3, -0.25) is 0 Å². The van der Waals surface area contributed by atoms with Crippen molar-refractivity contribution in [3.8, 4) is 0 Å². The summed E-state index contributed by atoms with van der Waals surface area (Å²) in [7, 11) is -3.84. The van der Waals surface area contributed by atoms with Crippen LogP contribution in [0.15, 0.2) is 58.8 Å². The largest absolute Gasteiger partial charge is 0.300 e. The topological polar surface area (TPSA) is 63.4 Å². The van der Waals surface area contributed by atoms with Crippen LogP contribution in [0.3, 0.4) is 0 Å². The maximum absolute atomic E-state index is 12.5. The van der Waals surface area contributed by atoms with Crippen molar-refractivity contribution in [2.75, 3.05) is 4.90 Å². The number of sulfonamides is 1. The summed E-state index contributed by atoms with van der Waals surface area (Å²) in [5, 5.41) is 8.29. The molecule has 0 saturated carbocycles. The van der Waals surface area contributed by atoms with E-state index in [0.717, 1.165) is 36.2 Å². The predicted molar refractivity (Wildman–Crippen MR) is 112 cm³/mol. The van der Waals surface area contributed by atoms with Gasteiger partial charge < -0.3 is 4.90 Å². The van der Waals surface area contributed by atoms with Crippen LogP contribution < -0.4 is 10.0 Å². The third-order valence-electron chi connectivity index (χ3n) is 4.93. The molecule has 27 heavy (non-hydrogen) atoms. The number of thiophene rings is 1. The number of primary sulfonamides is 1. The summed E-state index contributed by atoms with van der Waals surface area (Å²) in [5.41, 5.74) is 5.27. The Hall–Kier alpha value is -2.15. The molecule has 0 aliphatic carbocycles. The molecule has 0 spiro atoms. The first kappa shape index (κ1) is 18.2. The summed E-state index contributed by atoms with van der Waals surface area (Å²) in [6.45, 7) is 2.04. The molecule has 1 aliphatic rings. The van der Waals surface area contributed by atoms with Gasteiger partial charge >= 0.3 is 0 Å². The average Bonchev–Trinajstić information content (AvgIpc) is 2.98. The fourth-order valence-electron chi connectivity index (χ4n) is 3.77. The zero-order chi connectivity index (χ0) is 19.0. The summed E-state index contributed by atoms with van der Waals surface area (Å²) < 4.78 is 25.0. The Morgan fingerprint density at radius 3 is 2.07 bits per heavy atom. The summed E-state index contributed by atoms with van der Waals surface area (Å²) in [6, 6.07) is 16.4. The SMILES string of the molecule is CCCc1csc(N2c3ccccc3CCc3ccccc32)c1S(N)(=O)=O. The van der Waals surface area contributed by atoms with E-state index >= 15 is 0 Å². The minimum atomic E-state index is -3.84. The minimum Gasteiger partial charge on any atom is -0.300 e. The molecule has 1 aromatic heterocycles. The maximum atomic E-state index is 12.5. The molecule has 0 fully saturated rings. The number of anilines is 3. The highest BCUT2D eigenvalue weighted by Gasteiger charge is 2.30. The second-order valence-corrected chi connectivity index (χ2v) is 9.14. The fraction of sp³-hybridized carbons (Fsp3) is 0.238. The number of hydrogen-bond donors (Lipinski definition) is 1. The lowest BCUT2D eigenvalue weighted by molar-refractivity contribution is 0.597. The van der Waals surface area contributed by atoms with E-state index in [1.807, 2.05) is 36.6 Å². The van der Waals surface area contributed by atoms with Crippen molar-refractivity contribution < 1.29 is 8.42 Å². The number of para-hydroxylation sites is 2. The number of nitrogens with zero attached hydrogens (tertiary/aromatic N) is 1. The van der Waals surface area contributed by atoms with Crippen molar-refractivity contribution >= 4 is 37.7 Å². The molecule has 0 radical (unpaired) electrons. The lowest BCUT2D eigenvalue weighted by atomic mass is 10.0. The van der Waals surface area contributed by atoms with Gasteiger partial charge in [-0.05, 0) is 53.5 Å². The van der Waals surface area contributed by atoms with Gasteiger partial charge in [-0.25, -0.2) is 13.6 Å². The average molecular weight is 399 g/mol. The Labute approximate surface area is 164 Å². The third-order valence-corrected chi connectivity index (χ3v) is 7.10. The Balaban J connectivity index is 2.02. The first-order valence-corrected chi connectivity index (χ1v) is 11.5. The standard InChI is InChI=1S/C21H22N2O2S2/c1-2-7-17-14-26-21(20(17)27(22,24)25)23-18-10-5-3-8-15(18)12-13-16-9-4-6-11-19(16)23/h3-6,8-11,14H,2,7,12-13H2,1H3,(H2,22,24,25). The van der Waals surface area contributed by atoms with Gasteiger partial charge in [0.05, 0.1) is 11.4 Å². The lowest BCUT2D eigenvalue weighted by Crippen LogP contribution is -2.19. The van der Waals surface area contributed by atoms with E-state index in [4.69, 9.17) is 5.14 Å². The molecule has 0 bridgehead atoms. The van der Waals surface area contributed by atoms with Crippen LogP contribution in [-0.2, 0) is 29.3 Å². The summed E-state index contributed by atoms with van der Waals surface area (Å²) >= 11 is 1.45. The van der Waals surface area contributed by atoms with Crippen LogP contribution in [0.5, 0.6) is 0 Å². The normalized spacial score (nSPS) is 13.8. The van der Waals surface area contributed by atoms with E-state index in [1.165, 1.54) is 22.5 Å². The van der Waals surface area contributed by atoms with Crippen molar-refractivity contribution in [1.82, 2.24) is 0 Å². The van der Waals surface area contributed by atoms with Crippen molar-refractivity contribution in [2.45, 2.75) is 37.5 Å². The number of nitrogens with two attached hydrogens (primary N) is 1. The Morgan fingerprint density at radius 1 is 1.00 bits per heavy atom. The van der Waals surface area contributed by atoms with Crippen LogP contribution in [0.4, 0.5) is 16.4 Å². The zero-order valence-corrected chi connectivity index (χ0v) is 16.8. The van der Waals surface area contributed by atoms with E-state index in [0.29, 0.717) is 11.4 Å². The van der Waals surface area contributed by atoms with Gasteiger partial charge in [0.25, 0.3) is 0 Å². The van der Waals surface area contributed by atoms with E-state index in [2.05, 4.69) is 29.2 Å². The number of hydrogen-bond acceptors (Lipinski definition) is 4. The molecule has 4 nitrogen and oxygen atoms in total. The van der Waals surface area contributed by atoms with Gasteiger partial charge in [-0.15, -0.1) is 11.3 Å². The quantitative estimate of drug-likeness (QED) is 0.679. The van der Waals surface area contributed by atoms with Crippen LogP contribution in [-0.4, -0.2) is 8.42 Å². The van der Waals surface area contributed by atoms with E-state index in [9.17, 15) is 8.42 Å². The maximum Gasteiger partial charge on any atom is 0.241 e. The third kappa shape index (κ3) is 3.29. The highest BCUT2D eigenvalue weighted by atomic mass is 32.2. The molecule has 0 atom stereocenters. The molecule has 2 N–H and O–H groups in total. The van der Waals surface area contributed by atoms with Gasteiger partial charge in [0.15, 0.2) is 0 Å². The van der Waals surface area contributed by atoms with Crippen molar-refractivity contribution in [3.05, 3.63) is 70.6 Å². The molecule has 0 amide bonds. The zero-order valence-electron chi connectivity index (χ0n) is 15.2. The molecule has 4 rings (SSSR count). The highest BCUT2D eigenvalue weighted by molar-refractivity contribution is 7.89. The van der Waals surface area contributed by atoms with Gasteiger partial charge in [0.2, 0.25) is 10.0 Å². The van der Waals surface area contributed by atoms with Crippen molar-refractivity contribution in [1.29, 1.82) is 0 Å². The second-order valence-electron chi connectivity index (χ2n) is 6.78. The Bertz CT molecular complexity index is 1040. The number of aryl methyl sites for hydroxylation is 3. The highest BCUT2D eigenvalue weighted by Crippen LogP contribution is 2.47. The van der Waals surface area contributed by atoms with Crippen molar-refractivity contribution in [2.24, 2.45) is 5.14 Å². The molecule has 1 aliphatic heterocycles. The van der Waals surface area contributed by atoms with Gasteiger partial charge in [0, 0.05) is 0 Å². The molecule has 140 valence electrons. The fourth-order valence-corrected chi connectivity index (χ4v) is 6.23. The molecule has 2 heterocycles. The number of fused-ring (bicyclic) bond motifs is 2. The Kier molecular flexibility index (Phi) is 4.80. The second kappa shape index (κ2) is 7.11. The molecular weight excluding hydrogens is 376 g/mol. The van der Waals surface area contributed by atoms with Crippen molar-refractivity contribution in [3.63, 3.8) is 0 Å². The van der Waals surface area contributed by atoms with E-state index in [1.54, 1.807) is 0 Å². The van der Waals surface area contributed by atoms with Crippen LogP contribution in [0.25, 0.3) is 0 Å². The van der Waals surface area contributed by atoms with E-state index in [-0.39, 0.29) is 4.90 Å². The monoisotopic (exact) mass is 398 g/mol. The first-order chi connectivity index (χ1) is 13.0. The smallest absolute Gasteiger partial charge is 0.241 e. The first-order valence-electron chi connectivity index (χ1n) is 9.09. The van der Waals surface area contributed by atoms with Crippen LogP contribution in [0.2, 0.25) is 0 Å². The van der Waals surface area contributed by atoms with Crippen LogP contribution in [0.1, 0.15) is 30.0 Å². The minimum absolute atomic E-state index is 0.265. The van der Waals surface area contributed by atoms with E-state index < -0.39 is 10.0 Å². The summed E-state index contributed by atoms with van der Waals surface area (Å²) in [4.78, 5) is 2.35. The van der Waals surface area contributed by atoms with Crippen LogP contribution >= 0.6 is 11.3 Å². The number of benzene rings is 2.